The van der Waals surface area contributed by atoms with Crippen molar-refractivity contribution in [3.8, 4) is 5.75 Å². The first-order valence-electron chi connectivity index (χ1n) is 12.5. The Labute approximate surface area is 218 Å². The lowest BCUT2D eigenvalue weighted by Gasteiger charge is -2.32. The molecule has 4 rings (SSSR count). The van der Waals surface area contributed by atoms with Crippen LogP contribution in [-0.2, 0) is 29.0 Å². The van der Waals surface area contributed by atoms with Gasteiger partial charge in [-0.2, -0.15) is 0 Å². The van der Waals surface area contributed by atoms with E-state index in [-0.39, 0.29) is 24.3 Å². The van der Waals surface area contributed by atoms with Gasteiger partial charge in [-0.15, -0.1) is 0 Å². The first-order chi connectivity index (χ1) is 17.5. The summed E-state index contributed by atoms with van der Waals surface area (Å²) in [6, 6.07) is 24.3. The molecule has 1 aliphatic rings. The number of hydrogen-bond acceptors (Lipinski definition) is 3. The van der Waals surface area contributed by atoms with Crippen LogP contribution in [0.25, 0.3) is 0 Å². The summed E-state index contributed by atoms with van der Waals surface area (Å²) in [7, 11) is 1.62. The summed E-state index contributed by atoms with van der Waals surface area (Å²) in [5, 5.41) is 3.82. The number of amides is 2. The van der Waals surface area contributed by atoms with Crippen LogP contribution in [0.5, 0.6) is 5.75 Å². The van der Waals surface area contributed by atoms with Crippen molar-refractivity contribution >= 4 is 23.4 Å². The lowest BCUT2D eigenvalue weighted by atomic mass is 10.0. The van der Waals surface area contributed by atoms with Gasteiger partial charge >= 0.3 is 0 Å². The smallest absolute Gasteiger partial charge is 0.243 e. The number of halogens is 1. The van der Waals surface area contributed by atoms with Gasteiger partial charge in [-0.25, -0.2) is 0 Å². The monoisotopic (exact) mass is 504 g/mol. The molecule has 3 aromatic rings. The first kappa shape index (κ1) is 25.8. The van der Waals surface area contributed by atoms with Crippen LogP contribution in [0, 0.1) is 0 Å². The summed E-state index contributed by atoms with van der Waals surface area (Å²) in [6.45, 7) is 0.298. The van der Waals surface area contributed by atoms with Crippen LogP contribution in [0.3, 0.4) is 0 Å². The number of carbonyl (C=O) groups is 2. The Hall–Kier alpha value is -3.31. The highest BCUT2D eigenvalue weighted by atomic mass is 35.5. The van der Waals surface area contributed by atoms with E-state index in [1.54, 1.807) is 24.1 Å². The maximum Gasteiger partial charge on any atom is 0.243 e. The summed E-state index contributed by atoms with van der Waals surface area (Å²) in [5.74, 6) is 0.487. The summed E-state index contributed by atoms with van der Waals surface area (Å²) in [4.78, 5) is 29.3. The number of hydrogen-bond donors (Lipinski definition) is 1. The summed E-state index contributed by atoms with van der Waals surface area (Å²) >= 11 is 6.18. The zero-order chi connectivity index (χ0) is 25.3. The lowest BCUT2D eigenvalue weighted by Crippen LogP contribution is -2.52. The minimum absolute atomic E-state index is 0.104. The lowest BCUT2D eigenvalue weighted by molar-refractivity contribution is -0.141. The van der Waals surface area contributed by atoms with Gasteiger partial charge < -0.3 is 15.0 Å². The van der Waals surface area contributed by atoms with E-state index >= 15 is 0 Å². The van der Waals surface area contributed by atoms with Crippen molar-refractivity contribution in [3.05, 3.63) is 101 Å². The molecule has 0 saturated heterocycles. The van der Waals surface area contributed by atoms with Gasteiger partial charge in [0.05, 0.1) is 13.5 Å². The first-order valence-corrected chi connectivity index (χ1v) is 12.9. The van der Waals surface area contributed by atoms with Crippen LogP contribution in [0.1, 0.15) is 42.4 Å². The van der Waals surface area contributed by atoms with E-state index in [2.05, 4.69) is 5.32 Å². The van der Waals surface area contributed by atoms with Gasteiger partial charge in [0, 0.05) is 24.0 Å². The Morgan fingerprint density at radius 3 is 2.36 bits per heavy atom. The summed E-state index contributed by atoms with van der Waals surface area (Å²) in [5.41, 5.74) is 2.73. The van der Waals surface area contributed by atoms with Gasteiger partial charge in [-0.1, -0.05) is 79.0 Å². The Balaban J connectivity index is 1.67. The van der Waals surface area contributed by atoms with Crippen LogP contribution in [0.15, 0.2) is 78.9 Å². The standard InChI is InChI=1S/C30H33ClN2O3/c1-36-27-16-8-12-24(18-27)21-33(29(34)20-23-11-7-13-25(31)17-23)28(19-22-9-3-2-4-10-22)30(35)32-26-14-5-6-15-26/h2-4,7-13,16-18,26,28H,5-6,14-15,19-21H2,1H3,(H,32,35)/t28-/m1/s1. The molecule has 6 heteroatoms. The second-order valence-corrected chi connectivity index (χ2v) is 9.81. The highest BCUT2D eigenvalue weighted by Crippen LogP contribution is 2.22. The molecule has 0 radical (unpaired) electrons. The van der Waals surface area contributed by atoms with Crippen LogP contribution >= 0.6 is 11.6 Å². The molecule has 2 amide bonds. The third-order valence-electron chi connectivity index (χ3n) is 6.70. The zero-order valence-corrected chi connectivity index (χ0v) is 21.4. The van der Waals surface area contributed by atoms with Gasteiger partial charge in [0.1, 0.15) is 11.8 Å². The quantitative estimate of drug-likeness (QED) is 0.391. The Morgan fingerprint density at radius 2 is 1.64 bits per heavy atom. The molecule has 0 aromatic heterocycles. The third kappa shape index (κ3) is 7.11. The predicted molar refractivity (Wildman–Crippen MR) is 143 cm³/mol. The minimum Gasteiger partial charge on any atom is -0.497 e. The van der Waals surface area contributed by atoms with Crippen molar-refractivity contribution < 1.29 is 14.3 Å². The Bertz CT molecular complexity index is 1160. The molecule has 0 spiro atoms. The average Bonchev–Trinajstić information content (AvgIpc) is 3.40. The molecular formula is C30H33ClN2O3. The summed E-state index contributed by atoms with van der Waals surface area (Å²) < 4.78 is 5.40. The molecule has 0 unspecified atom stereocenters. The fourth-order valence-electron chi connectivity index (χ4n) is 4.81. The zero-order valence-electron chi connectivity index (χ0n) is 20.7. The second kappa shape index (κ2) is 12.6. The molecule has 1 fully saturated rings. The fourth-order valence-corrected chi connectivity index (χ4v) is 5.02. The molecule has 3 aromatic carbocycles. The van der Waals surface area contributed by atoms with Crippen LogP contribution < -0.4 is 10.1 Å². The van der Waals surface area contributed by atoms with Crippen LogP contribution in [0.2, 0.25) is 5.02 Å². The van der Waals surface area contributed by atoms with Gasteiger partial charge in [-0.05, 0) is 53.8 Å². The van der Waals surface area contributed by atoms with Gasteiger partial charge in [0.25, 0.3) is 0 Å². The number of benzene rings is 3. The molecule has 1 atom stereocenters. The number of nitrogens with one attached hydrogen (secondary N) is 1. The highest BCUT2D eigenvalue weighted by Gasteiger charge is 2.32. The van der Waals surface area contributed by atoms with Crippen molar-refractivity contribution in [2.75, 3.05) is 7.11 Å². The van der Waals surface area contributed by atoms with Gasteiger partial charge in [0.15, 0.2) is 0 Å². The molecule has 0 aliphatic heterocycles. The van der Waals surface area contributed by atoms with E-state index in [0.29, 0.717) is 23.7 Å². The molecule has 5 nitrogen and oxygen atoms in total. The van der Waals surface area contributed by atoms with E-state index in [1.165, 1.54) is 0 Å². The fraction of sp³-hybridized carbons (Fsp3) is 0.333. The number of nitrogens with zero attached hydrogens (tertiary/aromatic N) is 1. The minimum atomic E-state index is -0.647. The van der Waals surface area contributed by atoms with E-state index in [1.807, 2.05) is 66.7 Å². The van der Waals surface area contributed by atoms with Crippen molar-refractivity contribution in [2.45, 2.75) is 57.2 Å². The molecule has 1 aliphatic carbocycles. The third-order valence-corrected chi connectivity index (χ3v) is 6.94. The SMILES string of the molecule is COc1cccc(CN(C(=O)Cc2cccc(Cl)c2)[C@H](Cc2ccccc2)C(=O)NC2CCCC2)c1. The van der Waals surface area contributed by atoms with Crippen LogP contribution in [-0.4, -0.2) is 35.9 Å². The van der Waals surface area contributed by atoms with E-state index in [9.17, 15) is 9.59 Å². The molecule has 36 heavy (non-hydrogen) atoms. The average molecular weight is 505 g/mol. The van der Waals surface area contributed by atoms with Gasteiger partial charge in [0.2, 0.25) is 11.8 Å². The van der Waals surface area contributed by atoms with Crippen molar-refractivity contribution in [1.82, 2.24) is 10.2 Å². The van der Waals surface area contributed by atoms with Crippen LogP contribution in [0.4, 0.5) is 0 Å². The maximum absolute atomic E-state index is 13.8. The molecular weight excluding hydrogens is 472 g/mol. The number of methoxy groups -OCH3 is 1. The van der Waals surface area contributed by atoms with E-state index < -0.39 is 6.04 Å². The molecule has 188 valence electrons. The Kier molecular flexibility index (Phi) is 9.01. The van der Waals surface area contributed by atoms with E-state index in [4.69, 9.17) is 16.3 Å². The van der Waals surface area contributed by atoms with E-state index in [0.717, 1.165) is 42.4 Å². The van der Waals surface area contributed by atoms with Crippen molar-refractivity contribution in [2.24, 2.45) is 0 Å². The second-order valence-electron chi connectivity index (χ2n) is 9.38. The largest absolute Gasteiger partial charge is 0.497 e. The molecule has 1 saturated carbocycles. The number of rotatable bonds is 10. The summed E-state index contributed by atoms with van der Waals surface area (Å²) in [6.07, 6.45) is 4.80. The molecule has 0 heterocycles. The maximum atomic E-state index is 13.8. The molecule has 1 N–H and O–H groups in total. The highest BCUT2D eigenvalue weighted by molar-refractivity contribution is 6.30. The van der Waals surface area contributed by atoms with Crippen molar-refractivity contribution in [3.63, 3.8) is 0 Å². The number of carbonyl (C=O) groups excluding carboxylic acids is 2. The van der Waals surface area contributed by atoms with Gasteiger partial charge in [-0.3, -0.25) is 9.59 Å². The normalized spacial score (nSPS) is 14.3. The van der Waals surface area contributed by atoms with Crippen molar-refractivity contribution in [1.29, 1.82) is 0 Å². The predicted octanol–water partition coefficient (Wildman–Crippen LogP) is 5.59. The topological polar surface area (TPSA) is 58.6 Å². The Morgan fingerprint density at radius 1 is 0.944 bits per heavy atom. The molecule has 0 bridgehead atoms. The number of ether oxygens (including phenoxy) is 1.